The third kappa shape index (κ3) is 2.47. The van der Waals surface area contributed by atoms with Crippen LogP contribution in [0.5, 0.6) is 0 Å². The molecule has 0 aliphatic carbocycles. The van der Waals surface area contributed by atoms with Gasteiger partial charge in [0, 0.05) is 25.7 Å². The SMILES string of the molecule is CNC(=O)c1ccc(N2CCNC(=O)C2C)c(N)c1. The summed E-state index contributed by atoms with van der Waals surface area (Å²) in [6.07, 6.45) is 0. The number of rotatable bonds is 2. The van der Waals surface area contributed by atoms with Crippen LogP contribution in [0.15, 0.2) is 18.2 Å². The fraction of sp³-hybridized carbons (Fsp3) is 0.385. The quantitative estimate of drug-likeness (QED) is 0.652. The van der Waals surface area contributed by atoms with Gasteiger partial charge in [-0.15, -0.1) is 0 Å². The van der Waals surface area contributed by atoms with Crippen LogP contribution in [0.3, 0.4) is 0 Å². The van der Waals surface area contributed by atoms with Crippen molar-refractivity contribution in [1.82, 2.24) is 10.6 Å². The summed E-state index contributed by atoms with van der Waals surface area (Å²) in [4.78, 5) is 25.1. The number of nitrogens with two attached hydrogens (primary N) is 1. The summed E-state index contributed by atoms with van der Waals surface area (Å²) in [5, 5.41) is 5.36. The van der Waals surface area contributed by atoms with Gasteiger partial charge in [0.25, 0.3) is 5.91 Å². The standard InChI is InChI=1S/C13H18N4O2/c1-8-12(18)16-5-6-17(8)11-4-3-9(7-10(11)14)13(19)15-2/h3-4,7-8H,5-6,14H2,1-2H3,(H,15,19)(H,16,18). The maximum atomic E-state index is 11.7. The van der Waals surface area contributed by atoms with E-state index in [2.05, 4.69) is 10.6 Å². The van der Waals surface area contributed by atoms with Crippen molar-refractivity contribution in [2.24, 2.45) is 0 Å². The van der Waals surface area contributed by atoms with Crippen LogP contribution in [0.25, 0.3) is 0 Å². The monoisotopic (exact) mass is 262 g/mol. The summed E-state index contributed by atoms with van der Waals surface area (Å²) >= 11 is 0. The van der Waals surface area contributed by atoms with Crippen LogP contribution in [0.1, 0.15) is 17.3 Å². The number of hydrogen-bond donors (Lipinski definition) is 3. The zero-order chi connectivity index (χ0) is 14.0. The number of amides is 2. The molecular formula is C13H18N4O2. The number of benzene rings is 1. The van der Waals surface area contributed by atoms with Crippen LogP contribution in [-0.2, 0) is 4.79 Å². The fourth-order valence-electron chi connectivity index (χ4n) is 2.21. The van der Waals surface area contributed by atoms with Crippen LogP contribution in [0.4, 0.5) is 11.4 Å². The number of anilines is 2. The summed E-state index contributed by atoms with van der Waals surface area (Å²) in [6.45, 7) is 3.14. The third-order valence-electron chi connectivity index (χ3n) is 3.33. The van der Waals surface area contributed by atoms with E-state index in [4.69, 9.17) is 5.73 Å². The van der Waals surface area contributed by atoms with Crippen LogP contribution in [0, 0.1) is 0 Å². The van der Waals surface area contributed by atoms with Crippen molar-refractivity contribution in [3.8, 4) is 0 Å². The number of carbonyl (C=O) groups excluding carboxylic acids is 2. The Kier molecular flexibility index (Phi) is 3.59. The summed E-state index contributed by atoms with van der Waals surface area (Å²) in [6, 6.07) is 4.87. The largest absolute Gasteiger partial charge is 0.397 e. The number of nitrogen functional groups attached to an aromatic ring is 1. The second-order valence-corrected chi connectivity index (χ2v) is 4.51. The van der Waals surface area contributed by atoms with Gasteiger partial charge >= 0.3 is 0 Å². The van der Waals surface area contributed by atoms with E-state index in [-0.39, 0.29) is 17.9 Å². The van der Waals surface area contributed by atoms with Gasteiger partial charge in [-0.1, -0.05) is 0 Å². The Balaban J connectivity index is 2.30. The second-order valence-electron chi connectivity index (χ2n) is 4.51. The van der Waals surface area contributed by atoms with Gasteiger partial charge in [-0.05, 0) is 25.1 Å². The topological polar surface area (TPSA) is 87.5 Å². The van der Waals surface area contributed by atoms with Crippen molar-refractivity contribution >= 4 is 23.2 Å². The smallest absolute Gasteiger partial charge is 0.251 e. The molecule has 1 fully saturated rings. The Morgan fingerprint density at radius 2 is 2.26 bits per heavy atom. The highest BCUT2D eigenvalue weighted by Crippen LogP contribution is 2.27. The molecule has 0 saturated carbocycles. The Hall–Kier alpha value is -2.24. The van der Waals surface area contributed by atoms with Crippen LogP contribution in [-0.4, -0.2) is 38.0 Å². The summed E-state index contributed by atoms with van der Waals surface area (Å²) in [7, 11) is 1.57. The van der Waals surface area contributed by atoms with Crippen molar-refractivity contribution < 1.29 is 9.59 Å². The maximum absolute atomic E-state index is 11.7. The summed E-state index contributed by atoms with van der Waals surface area (Å²) in [5.74, 6) is -0.191. The van der Waals surface area contributed by atoms with Gasteiger partial charge in [0.2, 0.25) is 5.91 Å². The second kappa shape index (κ2) is 5.17. The van der Waals surface area contributed by atoms with Gasteiger partial charge in [0.15, 0.2) is 0 Å². The van der Waals surface area contributed by atoms with E-state index in [1.807, 2.05) is 11.8 Å². The molecule has 19 heavy (non-hydrogen) atoms. The molecule has 1 aliphatic heterocycles. The molecule has 102 valence electrons. The van der Waals surface area contributed by atoms with E-state index in [1.165, 1.54) is 0 Å². The van der Waals surface area contributed by atoms with E-state index in [0.29, 0.717) is 24.3 Å². The number of carbonyl (C=O) groups is 2. The lowest BCUT2D eigenvalue weighted by Gasteiger charge is -2.35. The number of nitrogens with one attached hydrogen (secondary N) is 2. The van der Waals surface area contributed by atoms with Gasteiger partial charge < -0.3 is 21.3 Å². The Labute approximate surface area is 112 Å². The van der Waals surface area contributed by atoms with Gasteiger partial charge in [-0.2, -0.15) is 0 Å². The zero-order valence-corrected chi connectivity index (χ0v) is 11.1. The van der Waals surface area contributed by atoms with E-state index in [0.717, 1.165) is 5.69 Å². The normalized spacial score (nSPS) is 18.9. The first kappa shape index (κ1) is 13.2. The predicted molar refractivity (Wildman–Crippen MR) is 74.1 cm³/mol. The number of nitrogens with zero attached hydrogens (tertiary/aromatic N) is 1. The molecule has 1 aromatic rings. The highest BCUT2D eigenvalue weighted by atomic mass is 16.2. The van der Waals surface area contributed by atoms with Crippen molar-refractivity contribution in [2.45, 2.75) is 13.0 Å². The van der Waals surface area contributed by atoms with Crippen LogP contribution < -0.4 is 21.3 Å². The molecule has 6 nitrogen and oxygen atoms in total. The Bertz CT molecular complexity index is 515. The van der Waals surface area contributed by atoms with Gasteiger partial charge in [0.1, 0.15) is 6.04 Å². The molecule has 0 radical (unpaired) electrons. The zero-order valence-electron chi connectivity index (χ0n) is 11.1. The molecule has 2 rings (SSSR count). The predicted octanol–water partition coefficient (Wildman–Crippen LogP) is -0.0469. The minimum atomic E-state index is -0.262. The van der Waals surface area contributed by atoms with Crippen molar-refractivity contribution in [3.05, 3.63) is 23.8 Å². The summed E-state index contributed by atoms with van der Waals surface area (Å²) in [5.41, 5.74) is 7.80. The molecule has 0 bridgehead atoms. The molecule has 1 unspecified atom stereocenters. The number of hydrogen-bond acceptors (Lipinski definition) is 4. The lowest BCUT2D eigenvalue weighted by molar-refractivity contribution is -0.122. The Morgan fingerprint density at radius 1 is 1.53 bits per heavy atom. The molecule has 6 heteroatoms. The molecule has 4 N–H and O–H groups in total. The lowest BCUT2D eigenvalue weighted by atomic mass is 10.1. The average molecular weight is 262 g/mol. The first-order chi connectivity index (χ1) is 9.04. The molecule has 1 aliphatic rings. The van der Waals surface area contributed by atoms with Crippen molar-refractivity contribution in [1.29, 1.82) is 0 Å². The van der Waals surface area contributed by atoms with E-state index in [1.54, 1.807) is 25.2 Å². The van der Waals surface area contributed by atoms with Gasteiger partial charge in [-0.25, -0.2) is 0 Å². The van der Waals surface area contributed by atoms with Crippen LogP contribution >= 0.6 is 0 Å². The maximum Gasteiger partial charge on any atom is 0.251 e. The average Bonchev–Trinajstić information content (AvgIpc) is 2.41. The minimum Gasteiger partial charge on any atom is -0.397 e. The Morgan fingerprint density at radius 3 is 2.89 bits per heavy atom. The minimum absolute atomic E-state index is 0.0129. The van der Waals surface area contributed by atoms with Gasteiger partial charge in [-0.3, -0.25) is 9.59 Å². The fourth-order valence-corrected chi connectivity index (χ4v) is 2.21. The first-order valence-corrected chi connectivity index (χ1v) is 6.20. The summed E-state index contributed by atoms with van der Waals surface area (Å²) < 4.78 is 0. The van der Waals surface area contributed by atoms with E-state index >= 15 is 0 Å². The first-order valence-electron chi connectivity index (χ1n) is 6.20. The molecule has 0 spiro atoms. The van der Waals surface area contributed by atoms with Crippen molar-refractivity contribution in [2.75, 3.05) is 30.8 Å². The van der Waals surface area contributed by atoms with Gasteiger partial charge in [0.05, 0.1) is 11.4 Å². The van der Waals surface area contributed by atoms with E-state index < -0.39 is 0 Å². The molecule has 1 aromatic carbocycles. The highest BCUT2D eigenvalue weighted by Gasteiger charge is 2.26. The van der Waals surface area contributed by atoms with Crippen molar-refractivity contribution in [3.63, 3.8) is 0 Å². The molecule has 1 heterocycles. The molecule has 1 atom stereocenters. The highest BCUT2D eigenvalue weighted by molar-refractivity contribution is 5.96. The molecule has 2 amide bonds. The third-order valence-corrected chi connectivity index (χ3v) is 3.33. The molecular weight excluding hydrogens is 244 g/mol. The van der Waals surface area contributed by atoms with Crippen LogP contribution in [0.2, 0.25) is 0 Å². The van der Waals surface area contributed by atoms with E-state index in [9.17, 15) is 9.59 Å². The molecule has 1 saturated heterocycles. The molecule has 0 aromatic heterocycles. The number of piperazine rings is 1. The lowest BCUT2D eigenvalue weighted by Crippen LogP contribution is -2.54.